The normalized spacial score (nSPS) is 13.6. The quantitative estimate of drug-likeness (QED) is 0.209. The molecule has 3 N–H and O–H groups in total. The molecule has 1 atom stereocenters. The molecule has 0 fully saturated rings. The highest BCUT2D eigenvalue weighted by atomic mass is 35.5. The van der Waals surface area contributed by atoms with E-state index in [4.69, 9.17) is 16.4 Å². The van der Waals surface area contributed by atoms with Gasteiger partial charge in [0.2, 0.25) is 0 Å². The molecule has 0 amide bonds. The summed E-state index contributed by atoms with van der Waals surface area (Å²) in [7, 11) is 2.98. The molecule has 11 nitrogen and oxygen atoms in total. The minimum Gasteiger partial charge on any atom is -0.870 e. The summed E-state index contributed by atoms with van der Waals surface area (Å²) in [5, 5.41) is 28.7. The Morgan fingerprint density at radius 1 is 1.17 bits per heavy atom. The van der Waals surface area contributed by atoms with Crippen LogP contribution in [0, 0.1) is 0 Å². The molecule has 0 aromatic heterocycles. The van der Waals surface area contributed by atoms with Crippen molar-refractivity contribution in [1.29, 1.82) is 0 Å². The van der Waals surface area contributed by atoms with Crippen LogP contribution in [0.5, 0.6) is 5.75 Å². The number of nitrogens with one attached hydrogen (secondary N) is 2. The first kappa shape index (κ1) is 29.0. The number of likely N-dealkylation sites (N-methyl/N-ethyl adjacent to an activating group) is 1. The van der Waals surface area contributed by atoms with Gasteiger partial charge in [0.25, 0.3) is 20.9 Å². The van der Waals surface area contributed by atoms with Crippen molar-refractivity contribution in [2.45, 2.75) is 43.7 Å². The maximum atomic E-state index is 13.4. The first-order valence-electron chi connectivity index (χ1n) is 11.0. The molecule has 0 aliphatic heterocycles. The summed E-state index contributed by atoms with van der Waals surface area (Å²) in [6.07, 6.45) is 1.39. The van der Waals surface area contributed by atoms with Crippen LogP contribution in [0.2, 0.25) is 5.02 Å². The fraction of sp³-hybridized carbons (Fsp3) is 0.545. The number of hydrogen-bond acceptors (Lipinski definition) is 9. The highest BCUT2D eigenvalue weighted by Crippen LogP contribution is 2.44. The number of quaternary nitrogens is 1. The van der Waals surface area contributed by atoms with Gasteiger partial charge >= 0.3 is 0 Å². The molecule has 0 bridgehead atoms. The SMILES string of the molecule is CCC(CC)Nc1c(Nc2cc(C(CO)[N+](C)(C)C)c(Cl)c(S(=O)(=O)N(C)OC)c2[O-])c(=O)c1=O. The van der Waals surface area contributed by atoms with Crippen molar-refractivity contribution in [2.24, 2.45) is 0 Å². The van der Waals surface area contributed by atoms with Crippen molar-refractivity contribution in [1.82, 2.24) is 4.47 Å². The molecular formula is C22H33ClN4O7S. The molecule has 0 heterocycles. The molecule has 2 aromatic carbocycles. The Morgan fingerprint density at radius 2 is 1.71 bits per heavy atom. The summed E-state index contributed by atoms with van der Waals surface area (Å²) in [4.78, 5) is 28.6. The zero-order valence-electron chi connectivity index (χ0n) is 20.9. The first-order chi connectivity index (χ1) is 16.2. The number of rotatable bonds is 12. The van der Waals surface area contributed by atoms with E-state index in [0.29, 0.717) is 17.3 Å². The van der Waals surface area contributed by atoms with Gasteiger partial charge in [0.1, 0.15) is 17.4 Å². The van der Waals surface area contributed by atoms with Crippen LogP contribution in [-0.4, -0.2) is 70.4 Å². The second-order valence-corrected chi connectivity index (χ2v) is 11.3. The fourth-order valence-electron chi connectivity index (χ4n) is 3.67. The minimum absolute atomic E-state index is 0.0309. The Balaban J connectivity index is 2.80. The molecule has 0 aliphatic rings. The van der Waals surface area contributed by atoms with E-state index in [2.05, 4.69) is 10.6 Å². The molecule has 35 heavy (non-hydrogen) atoms. The number of benzene rings is 1. The number of hydroxylamine groups is 1. The third-order valence-corrected chi connectivity index (χ3v) is 8.28. The second kappa shape index (κ2) is 10.8. The molecule has 1 unspecified atom stereocenters. The monoisotopic (exact) mass is 532 g/mol. The topological polar surface area (TPSA) is 148 Å². The van der Waals surface area contributed by atoms with Gasteiger partial charge in [-0.2, -0.15) is 0 Å². The Kier molecular flexibility index (Phi) is 8.96. The molecule has 0 saturated carbocycles. The molecule has 0 aliphatic carbocycles. The van der Waals surface area contributed by atoms with Gasteiger partial charge in [-0.3, -0.25) is 14.4 Å². The lowest BCUT2D eigenvalue weighted by molar-refractivity contribution is -0.902. The minimum atomic E-state index is -4.52. The van der Waals surface area contributed by atoms with Crippen molar-refractivity contribution in [3.8, 4) is 5.75 Å². The van der Waals surface area contributed by atoms with E-state index < -0.39 is 44.2 Å². The van der Waals surface area contributed by atoms with Gasteiger partial charge in [-0.05, 0) is 18.9 Å². The van der Waals surface area contributed by atoms with E-state index in [-0.39, 0.29) is 38.2 Å². The molecule has 196 valence electrons. The summed E-state index contributed by atoms with van der Waals surface area (Å²) < 4.78 is 26.9. The Morgan fingerprint density at radius 3 is 2.17 bits per heavy atom. The first-order valence-corrected chi connectivity index (χ1v) is 12.8. The van der Waals surface area contributed by atoms with E-state index >= 15 is 0 Å². The van der Waals surface area contributed by atoms with Gasteiger partial charge in [-0.15, -0.1) is 0 Å². The van der Waals surface area contributed by atoms with Crippen LogP contribution in [0.25, 0.3) is 0 Å². The average molecular weight is 533 g/mol. The van der Waals surface area contributed by atoms with Gasteiger partial charge in [0, 0.05) is 24.3 Å². The largest absolute Gasteiger partial charge is 0.870 e. The van der Waals surface area contributed by atoms with Crippen LogP contribution in [-0.2, 0) is 14.9 Å². The molecule has 0 spiro atoms. The summed E-state index contributed by atoms with van der Waals surface area (Å²) in [6, 6.07) is 0.508. The van der Waals surface area contributed by atoms with Gasteiger partial charge in [0.05, 0.1) is 44.8 Å². The molecule has 13 heteroatoms. The Labute approximate surface area is 210 Å². The van der Waals surface area contributed by atoms with Crippen molar-refractivity contribution < 1.29 is 28.0 Å². The zero-order chi connectivity index (χ0) is 26.9. The van der Waals surface area contributed by atoms with Crippen LogP contribution < -0.4 is 26.6 Å². The van der Waals surface area contributed by atoms with Crippen LogP contribution in [0.15, 0.2) is 20.6 Å². The number of hydrogen-bond donors (Lipinski definition) is 3. The lowest BCUT2D eigenvalue weighted by Crippen LogP contribution is -2.41. The summed E-state index contributed by atoms with van der Waals surface area (Å²) in [5.41, 5.74) is -1.78. The lowest BCUT2D eigenvalue weighted by atomic mass is 10.0. The standard InChI is InChI=1S/C22H33ClN4O7S/c1-8-12(9-2)24-17-18(21(31)20(17)30)25-14-10-13(15(11-28)27(4,5)6)16(23)22(19(14)29)35(32,33)26(3)34-7/h10,12,15,28H,8-9,11H2,1-7H3,(H2-,24,25,29,30,31). The van der Waals surface area contributed by atoms with Crippen molar-refractivity contribution in [3.05, 3.63) is 37.1 Å². The predicted octanol–water partition coefficient (Wildman–Crippen LogP) is 1.28. The number of nitrogens with zero attached hydrogens (tertiary/aromatic N) is 2. The maximum absolute atomic E-state index is 13.4. The van der Waals surface area contributed by atoms with E-state index in [1.165, 1.54) is 6.07 Å². The van der Waals surface area contributed by atoms with E-state index in [0.717, 1.165) is 14.2 Å². The lowest BCUT2D eigenvalue weighted by Gasteiger charge is -2.35. The summed E-state index contributed by atoms with van der Waals surface area (Å²) >= 11 is 6.47. The van der Waals surface area contributed by atoms with Gasteiger partial charge < -0.3 is 25.3 Å². The molecule has 2 rings (SSSR count). The Hall–Kier alpha value is -2.22. The van der Waals surface area contributed by atoms with Crippen LogP contribution in [0.1, 0.15) is 38.3 Å². The second-order valence-electron chi connectivity index (χ2n) is 9.09. The van der Waals surface area contributed by atoms with Crippen LogP contribution in [0.4, 0.5) is 17.1 Å². The molecule has 0 radical (unpaired) electrons. The van der Waals surface area contributed by atoms with Gasteiger partial charge in [0.15, 0.2) is 0 Å². The van der Waals surface area contributed by atoms with Crippen LogP contribution in [0.3, 0.4) is 0 Å². The predicted molar refractivity (Wildman–Crippen MR) is 133 cm³/mol. The smallest absolute Gasteiger partial charge is 0.265 e. The van der Waals surface area contributed by atoms with E-state index in [1.807, 2.05) is 13.8 Å². The Bertz CT molecular complexity index is 1250. The van der Waals surface area contributed by atoms with Gasteiger partial charge in [-0.25, -0.2) is 8.42 Å². The number of aliphatic hydroxyl groups excluding tert-OH is 1. The van der Waals surface area contributed by atoms with Crippen molar-refractivity contribution in [2.75, 3.05) is 52.5 Å². The van der Waals surface area contributed by atoms with E-state index in [9.17, 15) is 28.2 Å². The third kappa shape index (κ3) is 5.47. The maximum Gasteiger partial charge on any atom is 0.265 e. The highest BCUT2D eigenvalue weighted by Gasteiger charge is 2.34. The molecular weight excluding hydrogens is 500 g/mol. The van der Waals surface area contributed by atoms with Crippen molar-refractivity contribution >= 4 is 38.7 Å². The zero-order valence-corrected chi connectivity index (χ0v) is 22.5. The van der Waals surface area contributed by atoms with Crippen LogP contribution >= 0.6 is 11.6 Å². The van der Waals surface area contributed by atoms with Crippen molar-refractivity contribution in [3.63, 3.8) is 0 Å². The highest BCUT2D eigenvalue weighted by molar-refractivity contribution is 7.89. The van der Waals surface area contributed by atoms with Gasteiger partial charge in [-0.1, -0.05) is 35.7 Å². The average Bonchev–Trinajstić information content (AvgIpc) is 2.79. The fourth-order valence-corrected chi connectivity index (χ4v) is 5.37. The third-order valence-electron chi connectivity index (χ3n) is 6.03. The van der Waals surface area contributed by atoms with E-state index in [1.54, 1.807) is 21.1 Å². The number of halogens is 1. The number of aliphatic hydroxyl groups is 1. The molecule has 2 aromatic rings. The number of anilines is 3. The summed E-state index contributed by atoms with van der Waals surface area (Å²) in [6.45, 7) is 3.43. The summed E-state index contributed by atoms with van der Waals surface area (Å²) in [5.74, 6) is -1.01. The number of sulfonamides is 1. The molecule has 0 saturated heterocycles.